The third-order valence-electron chi connectivity index (χ3n) is 5.28. The van der Waals surface area contributed by atoms with E-state index in [1.54, 1.807) is 0 Å². The van der Waals surface area contributed by atoms with Crippen LogP contribution in [0.2, 0.25) is 0 Å². The largest absolute Gasteiger partial charge is 0.467 e. The van der Waals surface area contributed by atoms with E-state index in [2.05, 4.69) is 4.74 Å². The van der Waals surface area contributed by atoms with Gasteiger partial charge in [0.1, 0.15) is 0 Å². The van der Waals surface area contributed by atoms with E-state index in [0.717, 1.165) is 0 Å². The fourth-order valence-electron chi connectivity index (χ4n) is 2.79. The number of alkyl halides is 18. The SMILES string of the molecule is CCCCC(SCCC(F)(F)C(F)(F)C(F)(F)C(F)(F)F)(SCCC(F)(F)C(F)(F)C(F)(F)C(F)(F)F)C(=O)OC. The van der Waals surface area contributed by atoms with Gasteiger partial charge in [-0.15, -0.1) is 23.5 Å². The van der Waals surface area contributed by atoms with Crippen LogP contribution < -0.4 is 0 Å². The summed E-state index contributed by atoms with van der Waals surface area (Å²) in [6, 6.07) is 0. The molecule has 0 spiro atoms. The van der Waals surface area contributed by atoms with Gasteiger partial charge in [-0.1, -0.05) is 19.8 Å². The van der Waals surface area contributed by atoms with Crippen LogP contribution in [0.1, 0.15) is 39.0 Å². The van der Waals surface area contributed by atoms with Crippen molar-refractivity contribution in [3.63, 3.8) is 0 Å². The summed E-state index contributed by atoms with van der Waals surface area (Å²) in [5.74, 6) is -45.5. The molecule has 0 aliphatic rings. The van der Waals surface area contributed by atoms with Crippen LogP contribution in [0.3, 0.4) is 0 Å². The third kappa shape index (κ3) is 7.90. The predicted molar refractivity (Wildman–Crippen MR) is 110 cm³/mol. The lowest BCUT2D eigenvalue weighted by molar-refractivity contribution is -0.396. The smallest absolute Gasteiger partial charge is 0.460 e. The molecule has 0 aromatic carbocycles. The summed E-state index contributed by atoms with van der Waals surface area (Å²) in [7, 11) is 0.587. The molecule has 0 saturated heterocycles. The van der Waals surface area contributed by atoms with Crippen molar-refractivity contribution in [1.29, 1.82) is 0 Å². The number of ether oxygens (including phenoxy) is 1. The monoisotopic (exact) mass is 686 g/mol. The lowest BCUT2D eigenvalue weighted by atomic mass is 10.0. The van der Waals surface area contributed by atoms with Gasteiger partial charge in [0.25, 0.3) is 0 Å². The Kier molecular flexibility index (Phi) is 12.5. The predicted octanol–water partition coefficient (Wildman–Crippen LogP) is 9.23. The average Bonchev–Trinajstić information content (AvgIpc) is 2.79. The van der Waals surface area contributed by atoms with E-state index < -0.39 is 88.7 Å². The van der Waals surface area contributed by atoms with Gasteiger partial charge in [-0.2, -0.15) is 79.0 Å². The maximum Gasteiger partial charge on any atom is 0.460 e. The van der Waals surface area contributed by atoms with Crippen molar-refractivity contribution in [3.05, 3.63) is 0 Å². The molecule has 0 unspecified atom stereocenters. The standard InChI is InChI=1S/C19H20F18O2S2/c1-3-4-5-11(10(38)39-2,40-8-6-12(20,21)14(24,25)16(28,29)18(32,33)34)41-9-7-13(22,23)15(26,27)17(30,31)19(35,36)37/h3-9H2,1-2H3. The lowest BCUT2D eigenvalue weighted by Crippen LogP contribution is -2.61. The highest BCUT2D eigenvalue weighted by atomic mass is 32.2. The number of methoxy groups -OCH3 is 1. The Bertz CT molecular complexity index is 813. The first-order chi connectivity index (χ1) is 18.0. The zero-order chi connectivity index (χ0) is 33.1. The number of esters is 1. The van der Waals surface area contributed by atoms with Crippen molar-refractivity contribution in [2.75, 3.05) is 18.6 Å². The van der Waals surface area contributed by atoms with Gasteiger partial charge in [0, 0.05) is 24.3 Å². The second-order valence-electron chi connectivity index (χ2n) is 8.25. The van der Waals surface area contributed by atoms with Crippen LogP contribution >= 0.6 is 23.5 Å². The number of carbonyl (C=O) groups is 1. The van der Waals surface area contributed by atoms with E-state index in [-0.39, 0.29) is 36.4 Å². The molecule has 22 heteroatoms. The fraction of sp³-hybridized carbons (Fsp3) is 0.947. The van der Waals surface area contributed by atoms with Crippen LogP contribution in [-0.2, 0) is 9.53 Å². The zero-order valence-corrected chi connectivity index (χ0v) is 22.0. The molecule has 0 aliphatic heterocycles. The summed E-state index contributed by atoms with van der Waals surface area (Å²) in [5, 5.41) is 0. The number of carbonyl (C=O) groups excluding carboxylic acids is 1. The van der Waals surface area contributed by atoms with E-state index >= 15 is 0 Å². The fourth-order valence-corrected chi connectivity index (χ4v) is 5.98. The van der Waals surface area contributed by atoms with Crippen molar-refractivity contribution in [3.8, 4) is 0 Å². The molecule has 41 heavy (non-hydrogen) atoms. The first kappa shape index (κ1) is 39.9. The Hall–Kier alpha value is -1.09. The maximum absolute atomic E-state index is 13.9. The second kappa shape index (κ2) is 12.9. The summed E-state index contributed by atoms with van der Waals surface area (Å²) in [4.78, 5) is 12.4. The molecule has 0 bridgehead atoms. The van der Waals surface area contributed by atoms with Crippen LogP contribution in [0.15, 0.2) is 0 Å². The first-order valence-electron chi connectivity index (χ1n) is 10.7. The minimum atomic E-state index is -7.24. The normalized spacial score (nSPS) is 15.3. The number of thioether (sulfide) groups is 2. The topological polar surface area (TPSA) is 26.3 Å². The zero-order valence-electron chi connectivity index (χ0n) is 20.4. The molecular formula is C19H20F18O2S2. The highest BCUT2D eigenvalue weighted by molar-refractivity contribution is 8.19. The van der Waals surface area contributed by atoms with Gasteiger partial charge >= 0.3 is 53.9 Å². The van der Waals surface area contributed by atoms with Crippen molar-refractivity contribution in [2.45, 2.75) is 91.0 Å². The van der Waals surface area contributed by atoms with E-state index in [1.165, 1.54) is 6.92 Å². The van der Waals surface area contributed by atoms with Gasteiger partial charge < -0.3 is 4.74 Å². The quantitative estimate of drug-likeness (QED) is 0.0920. The van der Waals surface area contributed by atoms with E-state index in [1.807, 2.05) is 0 Å². The minimum absolute atomic E-state index is 0.0952. The van der Waals surface area contributed by atoms with Gasteiger partial charge in [0.2, 0.25) is 0 Å². The molecule has 0 fully saturated rings. The van der Waals surface area contributed by atoms with Crippen LogP contribution in [-0.4, -0.2) is 76.6 Å². The number of unbranched alkanes of at least 4 members (excludes halogenated alkanes) is 1. The molecule has 0 amide bonds. The molecule has 0 rings (SSSR count). The molecule has 0 aromatic rings. The highest BCUT2D eigenvalue weighted by Gasteiger charge is 2.82. The number of hydrogen-bond donors (Lipinski definition) is 0. The maximum atomic E-state index is 13.9. The molecule has 0 N–H and O–H groups in total. The molecule has 0 atom stereocenters. The number of halogens is 18. The summed E-state index contributed by atoms with van der Waals surface area (Å²) in [5.41, 5.74) is 0. The van der Waals surface area contributed by atoms with Crippen molar-refractivity contribution in [2.24, 2.45) is 0 Å². The van der Waals surface area contributed by atoms with Crippen LogP contribution in [0, 0.1) is 0 Å². The summed E-state index contributed by atoms with van der Waals surface area (Å²) in [6.45, 7) is 1.40. The van der Waals surface area contributed by atoms with Crippen LogP contribution in [0.25, 0.3) is 0 Å². The van der Waals surface area contributed by atoms with Gasteiger partial charge in [-0.05, 0) is 6.42 Å². The van der Waals surface area contributed by atoms with Crippen LogP contribution in [0.5, 0.6) is 0 Å². The molecule has 0 aliphatic carbocycles. The Labute approximate surface area is 228 Å². The lowest BCUT2D eigenvalue weighted by Gasteiger charge is -2.35. The van der Waals surface area contributed by atoms with Gasteiger partial charge in [0.15, 0.2) is 4.08 Å². The molecular weight excluding hydrogens is 666 g/mol. The molecule has 0 saturated carbocycles. The van der Waals surface area contributed by atoms with E-state index in [9.17, 15) is 83.8 Å². The summed E-state index contributed by atoms with van der Waals surface area (Å²) < 4.78 is 237. The third-order valence-corrected chi connectivity index (χ3v) is 8.48. The Balaban J connectivity index is 6.06. The van der Waals surface area contributed by atoms with Crippen LogP contribution in [0.4, 0.5) is 79.0 Å². The highest BCUT2D eigenvalue weighted by Crippen LogP contribution is 2.56. The Morgan fingerprint density at radius 3 is 1.12 bits per heavy atom. The van der Waals surface area contributed by atoms with Crippen molar-refractivity contribution < 1.29 is 88.6 Å². The number of hydrogen-bond acceptors (Lipinski definition) is 4. The Morgan fingerprint density at radius 2 is 0.878 bits per heavy atom. The first-order valence-corrected chi connectivity index (χ1v) is 12.7. The summed E-state index contributed by atoms with van der Waals surface area (Å²) >= 11 is -0.482. The van der Waals surface area contributed by atoms with Crippen molar-refractivity contribution >= 4 is 29.5 Å². The molecule has 0 radical (unpaired) electrons. The van der Waals surface area contributed by atoms with E-state index in [4.69, 9.17) is 0 Å². The minimum Gasteiger partial charge on any atom is -0.467 e. The second-order valence-corrected chi connectivity index (χ2v) is 11.3. The summed E-state index contributed by atoms with van der Waals surface area (Å²) in [6.07, 6.45) is -20.0. The molecule has 0 heterocycles. The van der Waals surface area contributed by atoms with Gasteiger partial charge in [0.05, 0.1) is 7.11 Å². The molecule has 0 aromatic heterocycles. The molecule has 246 valence electrons. The van der Waals surface area contributed by atoms with E-state index in [0.29, 0.717) is 7.11 Å². The van der Waals surface area contributed by atoms with Crippen molar-refractivity contribution in [1.82, 2.24) is 0 Å². The Morgan fingerprint density at radius 1 is 0.561 bits per heavy atom. The van der Waals surface area contributed by atoms with Gasteiger partial charge in [-0.25, -0.2) is 4.79 Å². The molecule has 2 nitrogen and oxygen atoms in total. The van der Waals surface area contributed by atoms with Gasteiger partial charge in [-0.3, -0.25) is 0 Å². The number of rotatable bonds is 16. The average molecular weight is 686 g/mol.